The number of benzene rings is 2. The largest absolute Gasteiger partial charge is 0.351 e. The normalized spacial score (nSPS) is 25.4. The maximum Gasteiger partial charge on any atom is 0.246 e. The molecule has 2 saturated heterocycles. The number of likely N-dealkylation sites (tertiary alicyclic amines) is 2. The third-order valence-corrected chi connectivity index (χ3v) is 18.1. The lowest BCUT2D eigenvalue weighted by atomic mass is 9.76. The van der Waals surface area contributed by atoms with Crippen molar-refractivity contribution < 1.29 is 38.4 Å². The second kappa shape index (κ2) is 26.6. The van der Waals surface area contributed by atoms with Crippen molar-refractivity contribution in [1.29, 1.82) is 0 Å². The van der Waals surface area contributed by atoms with Crippen molar-refractivity contribution in [3.8, 4) is 0 Å². The average Bonchev–Trinajstić information content (AvgIpc) is 4.07. The van der Waals surface area contributed by atoms with E-state index in [1.54, 1.807) is 23.8 Å². The highest BCUT2D eigenvalue weighted by Crippen LogP contribution is 2.37. The van der Waals surface area contributed by atoms with Crippen LogP contribution in [0, 0.1) is 23.7 Å². The number of nitrogens with one attached hydrogen (secondary N) is 6. The van der Waals surface area contributed by atoms with Gasteiger partial charge in [0.2, 0.25) is 41.4 Å². The van der Waals surface area contributed by atoms with Crippen molar-refractivity contribution in [3.63, 3.8) is 0 Å². The third kappa shape index (κ3) is 13.9. The predicted octanol–water partition coefficient (Wildman–Crippen LogP) is 6.20. The molecule has 0 bridgehead atoms. The van der Waals surface area contributed by atoms with Gasteiger partial charge in [-0.1, -0.05) is 101 Å². The highest BCUT2D eigenvalue weighted by Gasteiger charge is 2.47. The molecule has 6 aliphatic rings. The first-order chi connectivity index (χ1) is 36.7. The van der Waals surface area contributed by atoms with E-state index < -0.39 is 54.0 Å². The zero-order valence-electron chi connectivity index (χ0n) is 45.7. The molecule has 2 aromatic rings. The molecule has 6 N–H and O–H groups in total. The Labute approximate surface area is 450 Å². The van der Waals surface area contributed by atoms with E-state index in [2.05, 4.69) is 44.0 Å². The molecule has 7 amide bonds. The molecule has 2 heterocycles. The highest BCUT2D eigenvalue weighted by molar-refractivity contribution is 5.95. The molecule has 2 aliphatic heterocycles. The lowest BCUT2D eigenvalue weighted by Gasteiger charge is -2.35. The Bertz CT molecular complexity index is 2240. The van der Waals surface area contributed by atoms with Gasteiger partial charge in [-0.05, 0) is 132 Å². The van der Waals surface area contributed by atoms with Gasteiger partial charge in [-0.3, -0.25) is 38.4 Å². The van der Waals surface area contributed by atoms with Crippen LogP contribution in [0.15, 0.2) is 48.5 Å². The Hall–Kier alpha value is -5.64. The highest BCUT2D eigenvalue weighted by atomic mass is 16.2. The zero-order chi connectivity index (χ0) is 53.9. The van der Waals surface area contributed by atoms with Gasteiger partial charge < -0.3 is 41.7 Å². The standard InChI is InChI=1S/C60H86N8O8/c1-5-37(2)56(72)66-55(42-22-10-7-11-23-42)60(76)68-36-44(33-51(68)58(74)65-49-29-17-25-40-21-13-15-27-46(40)49)63-54(71)31-30-53(70)62-43-32-50(57(73)64-48-28-16-24-39-20-12-14-26-45(39)48)67(35-43)59(75)47(34-52(69)38(3)61-4)41-18-8-6-9-19-41/h12-15,20-21,26-27,37-38,41-44,47-51,55,61H,5-11,16-19,22-25,28-36H2,1-4H3,(H,62,70)(H,63,71)(H,64,73)(H,65,74)(H,66,72)/t37-,38+,43+,44+,47+,48-,49-,50+,51+,55+/m1/s1. The number of likely N-dealkylation sites (N-methyl/N-ethyl adjacent to an activating group) is 1. The molecule has 0 radical (unpaired) electrons. The Morgan fingerprint density at radius 3 is 1.54 bits per heavy atom. The molecule has 414 valence electrons. The minimum atomic E-state index is -0.893. The fraction of sp³-hybridized carbons (Fsp3) is 0.667. The van der Waals surface area contributed by atoms with Gasteiger partial charge in [0.1, 0.15) is 23.9 Å². The molecular formula is C60H86N8O8. The monoisotopic (exact) mass is 1050 g/mol. The average molecular weight is 1050 g/mol. The Morgan fingerprint density at radius 1 is 0.579 bits per heavy atom. The van der Waals surface area contributed by atoms with Crippen molar-refractivity contribution in [2.45, 2.75) is 210 Å². The zero-order valence-corrected chi connectivity index (χ0v) is 45.7. The van der Waals surface area contributed by atoms with Crippen molar-refractivity contribution >= 4 is 47.1 Å². The number of aryl methyl sites for hydroxylation is 2. The number of fused-ring (bicyclic) bond motifs is 2. The Morgan fingerprint density at radius 2 is 1.05 bits per heavy atom. The topological polar surface area (TPSA) is 215 Å². The molecule has 0 aromatic heterocycles. The van der Waals surface area contributed by atoms with Gasteiger partial charge in [-0.15, -0.1) is 0 Å². The molecule has 4 aliphatic carbocycles. The van der Waals surface area contributed by atoms with Gasteiger partial charge in [-0.2, -0.15) is 0 Å². The number of hydrogen-bond acceptors (Lipinski definition) is 9. The van der Waals surface area contributed by atoms with Crippen LogP contribution in [0.25, 0.3) is 0 Å². The summed E-state index contributed by atoms with van der Waals surface area (Å²) >= 11 is 0. The number of nitrogens with zero attached hydrogens (tertiary/aromatic N) is 2. The summed E-state index contributed by atoms with van der Waals surface area (Å²) in [5, 5.41) is 18.8. The van der Waals surface area contributed by atoms with E-state index >= 15 is 0 Å². The summed E-state index contributed by atoms with van der Waals surface area (Å²) in [6.45, 7) is 5.75. The number of Topliss-reactive ketones (excluding diaryl/α,β-unsaturated/α-hetero) is 1. The van der Waals surface area contributed by atoms with Crippen LogP contribution in [-0.2, 0) is 51.2 Å². The number of ketones is 1. The van der Waals surface area contributed by atoms with E-state index in [1.165, 1.54) is 11.1 Å². The maximum atomic E-state index is 14.9. The maximum absolute atomic E-state index is 14.9. The molecule has 0 unspecified atom stereocenters. The first-order valence-corrected chi connectivity index (χ1v) is 29.2. The van der Waals surface area contributed by atoms with Crippen LogP contribution in [-0.4, -0.2) is 113 Å². The molecular weight excluding hydrogens is 961 g/mol. The number of carbonyl (C=O) groups excluding carboxylic acids is 8. The van der Waals surface area contributed by atoms with Crippen LogP contribution in [0.2, 0.25) is 0 Å². The third-order valence-electron chi connectivity index (χ3n) is 18.1. The van der Waals surface area contributed by atoms with Crippen LogP contribution in [0.1, 0.15) is 184 Å². The minimum absolute atomic E-state index is 0.00765. The van der Waals surface area contributed by atoms with E-state index in [-0.39, 0.29) is 110 Å². The van der Waals surface area contributed by atoms with Crippen molar-refractivity contribution in [2.24, 2.45) is 23.7 Å². The summed E-state index contributed by atoms with van der Waals surface area (Å²) in [7, 11) is 1.73. The Kier molecular flexibility index (Phi) is 19.8. The van der Waals surface area contributed by atoms with Gasteiger partial charge in [0.15, 0.2) is 0 Å². The fourth-order valence-corrected chi connectivity index (χ4v) is 13.3. The second-order valence-electron chi connectivity index (χ2n) is 23.2. The van der Waals surface area contributed by atoms with Gasteiger partial charge in [0.05, 0.1) is 18.1 Å². The fourth-order valence-electron chi connectivity index (χ4n) is 13.3. The van der Waals surface area contributed by atoms with E-state index in [9.17, 15) is 38.4 Å². The summed E-state index contributed by atoms with van der Waals surface area (Å²) < 4.78 is 0. The number of hydrogen-bond donors (Lipinski definition) is 6. The molecule has 0 spiro atoms. The summed E-state index contributed by atoms with van der Waals surface area (Å²) in [6.07, 6.45) is 15.2. The molecule has 2 saturated carbocycles. The van der Waals surface area contributed by atoms with Crippen LogP contribution in [0.3, 0.4) is 0 Å². The lowest BCUT2D eigenvalue weighted by molar-refractivity contribution is -0.145. The predicted molar refractivity (Wildman–Crippen MR) is 290 cm³/mol. The molecule has 76 heavy (non-hydrogen) atoms. The van der Waals surface area contributed by atoms with E-state index in [0.717, 1.165) is 114 Å². The summed E-state index contributed by atoms with van der Waals surface area (Å²) in [4.78, 5) is 117. The number of rotatable bonds is 20. The molecule has 8 rings (SSSR count). The van der Waals surface area contributed by atoms with E-state index in [0.29, 0.717) is 6.42 Å². The summed E-state index contributed by atoms with van der Waals surface area (Å²) in [6, 6.07) is 11.6. The van der Waals surface area contributed by atoms with Gasteiger partial charge >= 0.3 is 0 Å². The van der Waals surface area contributed by atoms with Crippen molar-refractivity contribution in [3.05, 3.63) is 70.8 Å². The second-order valence-corrected chi connectivity index (χ2v) is 23.2. The van der Waals surface area contributed by atoms with Crippen LogP contribution in [0.5, 0.6) is 0 Å². The summed E-state index contributed by atoms with van der Waals surface area (Å²) in [5.74, 6) is -3.14. The minimum Gasteiger partial charge on any atom is -0.351 e. The van der Waals surface area contributed by atoms with E-state index in [1.807, 2.05) is 50.2 Å². The SMILES string of the molecule is CC[C@@H](C)C(=O)N[C@H](C(=O)N1C[C@@H](NC(=O)CCC(=O)N[C@H]2C[C@@H](C(=O)N[C@@H]3CCCc4ccccc43)N(C(=O)[C@@H](CC(=O)[C@H](C)NC)C3CCCCC3)C2)C[C@H]1C(=O)N[C@@H]1CCCc2ccccc21)C1CCCCC1. The van der Waals surface area contributed by atoms with Crippen molar-refractivity contribution in [1.82, 2.24) is 41.7 Å². The number of amides is 7. The molecule has 10 atom stereocenters. The van der Waals surface area contributed by atoms with Crippen LogP contribution >= 0.6 is 0 Å². The lowest BCUT2D eigenvalue weighted by Crippen LogP contribution is -2.57. The van der Waals surface area contributed by atoms with Crippen LogP contribution < -0.4 is 31.9 Å². The molecule has 2 aromatic carbocycles. The van der Waals surface area contributed by atoms with Gasteiger partial charge in [0, 0.05) is 56.3 Å². The van der Waals surface area contributed by atoms with Gasteiger partial charge in [0.25, 0.3) is 0 Å². The summed E-state index contributed by atoms with van der Waals surface area (Å²) in [5.41, 5.74) is 4.52. The molecule has 16 nitrogen and oxygen atoms in total. The number of carbonyl (C=O) groups is 8. The van der Waals surface area contributed by atoms with Crippen LogP contribution in [0.4, 0.5) is 0 Å². The molecule has 4 fully saturated rings. The Balaban J connectivity index is 0.944. The first kappa shape index (κ1) is 56.6. The smallest absolute Gasteiger partial charge is 0.246 e. The first-order valence-electron chi connectivity index (χ1n) is 29.2. The molecule has 16 heteroatoms. The van der Waals surface area contributed by atoms with Crippen molar-refractivity contribution in [2.75, 3.05) is 20.1 Å². The van der Waals surface area contributed by atoms with E-state index in [4.69, 9.17) is 0 Å². The van der Waals surface area contributed by atoms with Gasteiger partial charge in [-0.25, -0.2) is 0 Å². The quantitative estimate of drug-likeness (QED) is 0.0890.